The summed E-state index contributed by atoms with van der Waals surface area (Å²) in [6.45, 7) is 4.35. The Morgan fingerprint density at radius 2 is 2.17 bits per heavy atom. The molecular formula is C14H17N3S. The molecule has 0 amide bonds. The van der Waals surface area contributed by atoms with Gasteiger partial charge in [-0.3, -0.25) is 4.98 Å². The number of pyridine rings is 1. The van der Waals surface area contributed by atoms with Crippen molar-refractivity contribution in [2.75, 3.05) is 31.1 Å². The Hall–Kier alpha value is -1.39. The van der Waals surface area contributed by atoms with Gasteiger partial charge in [0.1, 0.15) is 0 Å². The van der Waals surface area contributed by atoms with Gasteiger partial charge in [0.2, 0.25) is 0 Å². The van der Waals surface area contributed by atoms with Crippen molar-refractivity contribution in [1.82, 2.24) is 10.3 Å². The number of hydrogen-bond acceptors (Lipinski definition) is 4. The molecule has 4 heteroatoms. The first-order valence-corrected chi connectivity index (χ1v) is 7.31. The number of nitrogens with one attached hydrogen (secondary N) is 1. The lowest BCUT2D eigenvalue weighted by molar-refractivity contribution is 0.724. The van der Waals surface area contributed by atoms with E-state index in [1.165, 1.54) is 23.2 Å². The lowest BCUT2D eigenvalue weighted by Crippen LogP contribution is -2.27. The van der Waals surface area contributed by atoms with Crippen LogP contribution in [0.1, 0.15) is 6.42 Å². The molecule has 1 saturated heterocycles. The van der Waals surface area contributed by atoms with E-state index in [4.69, 9.17) is 0 Å². The molecule has 0 saturated carbocycles. The normalized spacial score (nSPS) is 16.6. The van der Waals surface area contributed by atoms with Gasteiger partial charge in [0.05, 0.1) is 11.9 Å². The van der Waals surface area contributed by atoms with E-state index in [-0.39, 0.29) is 0 Å². The van der Waals surface area contributed by atoms with Crippen LogP contribution in [-0.2, 0) is 0 Å². The number of thiophene rings is 1. The van der Waals surface area contributed by atoms with Gasteiger partial charge in [-0.15, -0.1) is 0 Å². The van der Waals surface area contributed by atoms with Gasteiger partial charge in [-0.05, 0) is 41.4 Å². The predicted molar refractivity (Wildman–Crippen MR) is 77.2 cm³/mol. The molecule has 94 valence electrons. The maximum Gasteiger partial charge on any atom is 0.0559 e. The summed E-state index contributed by atoms with van der Waals surface area (Å²) in [4.78, 5) is 6.81. The highest BCUT2D eigenvalue weighted by atomic mass is 32.1. The summed E-state index contributed by atoms with van der Waals surface area (Å²) in [5.74, 6) is 0. The van der Waals surface area contributed by atoms with E-state index in [1.54, 1.807) is 11.3 Å². The van der Waals surface area contributed by atoms with Crippen LogP contribution in [0.25, 0.3) is 11.1 Å². The highest BCUT2D eigenvalue weighted by molar-refractivity contribution is 7.08. The summed E-state index contributed by atoms with van der Waals surface area (Å²) in [6, 6.07) is 4.40. The molecule has 1 N–H and O–H groups in total. The molecule has 0 aromatic carbocycles. The van der Waals surface area contributed by atoms with Gasteiger partial charge in [0.15, 0.2) is 0 Å². The molecule has 3 nitrogen and oxygen atoms in total. The third kappa shape index (κ3) is 2.54. The Balaban J connectivity index is 1.86. The molecule has 3 heterocycles. The van der Waals surface area contributed by atoms with Gasteiger partial charge in [-0.2, -0.15) is 11.3 Å². The Morgan fingerprint density at radius 3 is 3.06 bits per heavy atom. The minimum atomic E-state index is 1.06. The zero-order chi connectivity index (χ0) is 12.2. The van der Waals surface area contributed by atoms with E-state index in [1.807, 2.05) is 12.4 Å². The van der Waals surface area contributed by atoms with E-state index in [2.05, 4.69) is 38.1 Å². The van der Waals surface area contributed by atoms with Gasteiger partial charge >= 0.3 is 0 Å². The fraction of sp³-hybridized carbons (Fsp3) is 0.357. The van der Waals surface area contributed by atoms with E-state index < -0.39 is 0 Å². The maximum absolute atomic E-state index is 4.39. The number of nitrogens with zero attached hydrogens (tertiary/aromatic N) is 2. The smallest absolute Gasteiger partial charge is 0.0559 e. The zero-order valence-corrected chi connectivity index (χ0v) is 11.1. The van der Waals surface area contributed by atoms with Crippen molar-refractivity contribution in [2.24, 2.45) is 0 Å². The molecule has 1 aliphatic rings. The van der Waals surface area contributed by atoms with Crippen molar-refractivity contribution in [1.29, 1.82) is 0 Å². The molecule has 0 bridgehead atoms. The molecule has 18 heavy (non-hydrogen) atoms. The Kier molecular flexibility index (Phi) is 3.57. The van der Waals surface area contributed by atoms with Crippen LogP contribution in [0.3, 0.4) is 0 Å². The minimum Gasteiger partial charge on any atom is -0.369 e. The quantitative estimate of drug-likeness (QED) is 0.898. The number of aromatic nitrogens is 1. The van der Waals surface area contributed by atoms with Gasteiger partial charge in [0.25, 0.3) is 0 Å². The maximum atomic E-state index is 4.39. The molecule has 0 spiro atoms. The molecule has 3 rings (SSSR count). The Bertz CT molecular complexity index is 488. The largest absolute Gasteiger partial charge is 0.369 e. The second-order valence-electron chi connectivity index (χ2n) is 4.53. The van der Waals surface area contributed by atoms with Crippen molar-refractivity contribution in [3.8, 4) is 11.1 Å². The second-order valence-corrected chi connectivity index (χ2v) is 5.31. The van der Waals surface area contributed by atoms with Crippen LogP contribution in [0.15, 0.2) is 35.3 Å². The van der Waals surface area contributed by atoms with Crippen LogP contribution in [-0.4, -0.2) is 31.2 Å². The van der Waals surface area contributed by atoms with E-state index in [0.29, 0.717) is 0 Å². The third-order valence-electron chi connectivity index (χ3n) is 3.28. The molecule has 2 aromatic heterocycles. The van der Waals surface area contributed by atoms with E-state index in [0.717, 1.165) is 26.2 Å². The van der Waals surface area contributed by atoms with Gasteiger partial charge < -0.3 is 10.2 Å². The molecular weight excluding hydrogens is 242 g/mol. The van der Waals surface area contributed by atoms with Crippen molar-refractivity contribution in [2.45, 2.75) is 6.42 Å². The first-order valence-electron chi connectivity index (χ1n) is 6.37. The minimum absolute atomic E-state index is 1.06. The van der Waals surface area contributed by atoms with E-state index >= 15 is 0 Å². The molecule has 0 aliphatic carbocycles. The average Bonchev–Trinajstić information content (AvgIpc) is 2.82. The van der Waals surface area contributed by atoms with E-state index in [9.17, 15) is 0 Å². The van der Waals surface area contributed by atoms with Gasteiger partial charge in [-0.25, -0.2) is 0 Å². The molecule has 2 aromatic rings. The van der Waals surface area contributed by atoms with Gasteiger partial charge in [0, 0.05) is 31.4 Å². The summed E-state index contributed by atoms with van der Waals surface area (Å²) < 4.78 is 0. The van der Waals surface area contributed by atoms with Gasteiger partial charge in [-0.1, -0.05) is 0 Å². The second kappa shape index (κ2) is 5.50. The SMILES string of the molecule is c1cc(-c2cncc(N3CCCNCC3)c2)cs1. The fourth-order valence-electron chi connectivity index (χ4n) is 2.29. The fourth-order valence-corrected chi connectivity index (χ4v) is 2.96. The van der Waals surface area contributed by atoms with Crippen molar-refractivity contribution in [3.05, 3.63) is 35.3 Å². The third-order valence-corrected chi connectivity index (χ3v) is 3.97. The van der Waals surface area contributed by atoms with Crippen molar-refractivity contribution >= 4 is 17.0 Å². The lowest BCUT2D eigenvalue weighted by Gasteiger charge is -2.22. The summed E-state index contributed by atoms with van der Waals surface area (Å²) in [5, 5.41) is 7.71. The first kappa shape index (κ1) is 11.7. The van der Waals surface area contributed by atoms with Crippen LogP contribution < -0.4 is 10.2 Å². The summed E-state index contributed by atoms with van der Waals surface area (Å²) in [6.07, 6.45) is 5.12. The van der Waals surface area contributed by atoms with Crippen LogP contribution in [0.4, 0.5) is 5.69 Å². The van der Waals surface area contributed by atoms with Crippen LogP contribution in [0, 0.1) is 0 Å². The predicted octanol–water partition coefficient (Wildman–Crippen LogP) is 2.61. The number of hydrogen-bond donors (Lipinski definition) is 1. The highest BCUT2D eigenvalue weighted by Crippen LogP contribution is 2.25. The average molecular weight is 259 g/mol. The lowest BCUT2D eigenvalue weighted by atomic mass is 10.1. The summed E-state index contributed by atoms with van der Waals surface area (Å²) in [7, 11) is 0. The van der Waals surface area contributed by atoms with Crippen LogP contribution in [0.2, 0.25) is 0 Å². The standard InChI is InChI=1S/C14H17N3S/c1-3-15-4-6-17(5-1)14-8-13(9-16-10-14)12-2-7-18-11-12/h2,7-11,15H,1,3-6H2. The summed E-state index contributed by atoms with van der Waals surface area (Å²) >= 11 is 1.73. The molecule has 0 unspecified atom stereocenters. The first-order chi connectivity index (χ1) is 8.93. The Labute approximate surface area is 111 Å². The molecule has 1 aliphatic heterocycles. The zero-order valence-electron chi connectivity index (χ0n) is 10.3. The highest BCUT2D eigenvalue weighted by Gasteiger charge is 2.10. The van der Waals surface area contributed by atoms with Crippen molar-refractivity contribution < 1.29 is 0 Å². The monoisotopic (exact) mass is 259 g/mol. The molecule has 0 radical (unpaired) electrons. The van der Waals surface area contributed by atoms with Crippen LogP contribution >= 0.6 is 11.3 Å². The Morgan fingerprint density at radius 1 is 1.17 bits per heavy atom. The number of anilines is 1. The van der Waals surface area contributed by atoms with Crippen LogP contribution in [0.5, 0.6) is 0 Å². The summed E-state index contributed by atoms with van der Waals surface area (Å²) in [5.41, 5.74) is 3.72. The molecule has 0 atom stereocenters. The molecule has 1 fully saturated rings. The van der Waals surface area contributed by atoms with Crippen molar-refractivity contribution in [3.63, 3.8) is 0 Å². The number of rotatable bonds is 2. The topological polar surface area (TPSA) is 28.2 Å².